The van der Waals surface area contributed by atoms with Crippen LogP contribution in [-0.4, -0.2) is 10.9 Å². The second-order valence-electron chi connectivity index (χ2n) is 4.53. The molecule has 2 aromatic carbocycles. The summed E-state index contributed by atoms with van der Waals surface area (Å²) in [5.74, 6) is -0.708. The van der Waals surface area contributed by atoms with E-state index in [4.69, 9.17) is 23.2 Å². The van der Waals surface area contributed by atoms with Crippen molar-refractivity contribution in [3.05, 3.63) is 64.0 Å². The zero-order valence-electron chi connectivity index (χ0n) is 10.6. The predicted octanol–water partition coefficient (Wildman–Crippen LogP) is 4.87. The van der Waals surface area contributed by atoms with Gasteiger partial charge in [0, 0.05) is 26.6 Å². The standard InChI is InChI=1S/C15H9Cl2FN2O/c16-9-5-10(17)7-12(6-9)19-15(21)14-4-8-3-11(18)1-2-13(8)20-14/h1-7,20H,(H,19,21). The van der Waals surface area contributed by atoms with Gasteiger partial charge in [0.15, 0.2) is 0 Å². The number of hydrogen-bond donors (Lipinski definition) is 2. The van der Waals surface area contributed by atoms with Crippen LogP contribution in [0.4, 0.5) is 10.1 Å². The molecule has 1 amide bonds. The fourth-order valence-corrected chi connectivity index (χ4v) is 2.58. The monoisotopic (exact) mass is 322 g/mol. The lowest BCUT2D eigenvalue weighted by molar-refractivity contribution is 0.102. The Hall–Kier alpha value is -2.04. The number of aromatic amines is 1. The van der Waals surface area contributed by atoms with E-state index in [1.807, 2.05) is 0 Å². The molecule has 0 saturated heterocycles. The zero-order chi connectivity index (χ0) is 15.0. The summed E-state index contributed by atoms with van der Waals surface area (Å²) in [5.41, 5.74) is 1.50. The van der Waals surface area contributed by atoms with Crippen molar-refractivity contribution >= 4 is 45.7 Å². The largest absolute Gasteiger partial charge is 0.351 e. The molecular formula is C15H9Cl2FN2O. The first kappa shape index (κ1) is 13.9. The van der Waals surface area contributed by atoms with Gasteiger partial charge < -0.3 is 10.3 Å². The Kier molecular flexibility index (Phi) is 3.57. The van der Waals surface area contributed by atoms with Gasteiger partial charge in [-0.25, -0.2) is 4.39 Å². The molecule has 21 heavy (non-hydrogen) atoms. The molecule has 2 N–H and O–H groups in total. The van der Waals surface area contributed by atoms with Crippen LogP contribution in [0.5, 0.6) is 0 Å². The number of carbonyl (C=O) groups excluding carboxylic acids is 1. The summed E-state index contributed by atoms with van der Waals surface area (Å²) >= 11 is 11.8. The summed E-state index contributed by atoms with van der Waals surface area (Å²) in [5, 5.41) is 4.17. The van der Waals surface area contributed by atoms with Crippen LogP contribution in [0.1, 0.15) is 10.5 Å². The SMILES string of the molecule is O=C(Nc1cc(Cl)cc(Cl)c1)c1cc2cc(F)ccc2[nH]1. The maximum absolute atomic E-state index is 13.1. The van der Waals surface area contributed by atoms with Gasteiger partial charge in [0.1, 0.15) is 11.5 Å². The van der Waals surface area contributed by atoms with Gasteiger partial charge in [-0.3, -0.25) is 4.79 Å². The van der Waals surface area contributed by atoms with Crippen LogP contribution in [0.2, 0.25) is 10.0 Å². The molecule has 6 heteroatoms. The predicted molar refractivity (Wildman–Crippen MR) is 82.7 cm³/mol. The highest BCUT2D eigenvalue weighted by atomic mass is 35.5. The van der Waals surface area contributed by atoms with E-state index >= 15 is 0 Å². The molecule has 0 aliphatic heterocycles. The van der Waals surface area contributed by atoms with Crippen LogP contribution >= 0.6 is 23.2 Å². The molecule has 0 saturated carbocycles. The molecule has 1 aromatic heterocycles. The minimum Gasteiger partial charge on any atom is -0.351 e. The molecular weight excluding hydrogens is 314 g/mol. The minimum atomic E-state index is -0.357. The van der Waals surface area contributed by atoms with Gasteiger partial charge in [0.2, 0.25) is 0 Å². The van der Waals surface area contributed by atoms with Crippen LogP contribution in [0.3, 0.4) is 0 Å². The quantitative estimate of drug-likeness (QED) is 0.694. The van der Waals surface area contributed by atoms with Crippen LogP contribution in [0, 0.1) is 5.82 Å². The van der Waals surface area contributed by atoms with E-state index in [1.165, 1.54) is 12.1 Å². The van der Waals surface area contributed by atoms with Crippen molar-refractivity contribution in [2.24, 2.45) is 0 Å². The van der Waals surface area contributed by atoms with Crippen molar-refractivity contribution in [1.29, 1.82) is 0 Å². The van der Waals surface area contributed by atoms with Gasteiger partial charge in [0.05, 0.1) is 0 Å². The van der Waals surface area contributed by atoms with Gasteiger partial charge in [0.25, 0.3) is 5.91 Å². The second-order valence-corrected chi connectivity index (χ2v) is 5.40. The number of carbonyl (C=O) groups is 1. The van der Waals surface area contributed by atoms with Crippen molar-refractivity contribution in [1.82, 2.24) is 4.98 Å². The highest BCUT2D eigenvalue weighted by molar-refractivity contribution is 6.35. The Morgan fingerprint density at radius 2 is 1.76 bits per heavy atom. The molecule has 0 spiro atoms. The third-order valence-electron chi connectivity index (χ3n) is 2.95. The summed E-state index contributed by atoms with van der Waals surface area (Å²) in [4.78, 5) is 15.1. The first-order chi connectivity index (χ1) is 10.0. The van der Waals surface area contributed by atoms with E-state index in [2.05, 4.69) is 10.3 Å². The van der Waals surface area contributed by atoms with Crippen LogP contribution in [0.25, 0.3) is 10.9 Å². The molecule has 0 bridgehead atoms. The van der Waals surface area contributed by atoms with Gasteiger partial charge in [-0.05, 0) is 42.5 Å². The maximum Gasteiger partial charge on any atom is 0.272 e. The van der Waals surface area contributed by atoms with Crippen molar-refractivity contribution in [3.8, 4) is 0 Å². The molecule has 0 unspecified atom stereocenters. The van der Waals surface area contributed by atoms with E-state index in [9.17, 15) is 9.18 Å². The summed E-state index contributed by atoms with van der Waals surface area (Å²) in [6.07, 6.45) is 0. The molecule has 3 nitrogen and oxygen atoms in total. The third kappa shape index (κ3) is 3.01. The number of nitrogens with one attached hydrogen (secondary N) is 2. The molecule has 0 atom stereocenters. The maximum atomic E-state index is 13.1. The number of aromatic nitrogens is 1. The van der Waals surface area contributed by atoms with Crippen molar-refractivity contribution in [2.75, 3.05) is 5.32 Å². The number of hydrogen-bond acceptors (Lipinski definition) is 1. The highest BCUT2D eigenvalue weighted by Crippen LogP contribution is 2.23. The van der Waals surface area contributed by atoms with Crippen molar-refractivity contribution in [3.63, 3.8) is 0 Å². The first-order valence-electron chi connectivity index (χ1n) is 6.07. The normalized spacial score (nSPS) is 10.8. The first-order valence-corrected chi connectivity index (χ1v) is 6.82. The summed E-state index contributed by atoms with van der Waals surface area (Å²) < 4.78 is 13.1. The Labute approximate surface area is 129 Å². The third-order valence-corrected chi connectivity index (χ3v) is 3.38. The van der Waals surface area contributed by atoms with E-state index in [1.54, 1.807) is 30.3 Å². The number of anilines is 1. The lowest BCUT2D eigenvalue weighted by Gasteiger charge is -2.04. The van der Waals surface area contributed by atoms with E-state index < -0.39 is 0 Å². The number of H-pyrrole nitrogens is 1. The lowest BCUT2D eigenvalue weighted by atomic mass is 10.2. The molecule has 106 valence electrons. The second kappa shape index (κ2) is 5.39. The van der Waals surface area contributed by atoms with Crippen LogP contribution in [0.15, 0.2) is 42.5 Å². The number of benzene rings is 2. The van der Waals surface area contributed by atoms with Crippen molar-refractivity contribution < 1.29 is 9.18 Å². The van der Waals surface area contributed by atoms with E-state index in [0.29, 0.717) is 32.3 Å². The molecule has 3 rings (SSSR count). The van der Waals surface area contributed by atoms with Gasteiger partial charge >= 0.3 is 0 Å². The Morgan fingerprint density at radius 1 is 1.05 bits per heavy atom. The van der Waals surface area contributed by atoms with Crippen LogP contribution < -0.4 is 5.32 Å². The van der Waals surface area contributed by atoms with Gasteiger partial charge in [-0.15, -0.1) is 0 Å². The van der Waals surface area contributed by atoms with Crippen LogP contribution in [-0.2, 0) is 0 Å². The molecule has 0 aliphatic rings. The average Bonchev–Trinajstić information content (AvgIpc) is 2.80. The Bertz CT molecular complexity index is 825. The van der Waals surface area contributed by atoms with Gasteiger partial charge in [-0.1, -0.05) is 23.2 Å². The fourth-order valence-electron chi connectivity index (χ4n) is 2.05. The van der Waals surface area contributed by atoms with E-state index in [-0.39, 0.29) is 11.7 Å². The number of fused-ring (bicyclic) bond motifs is 1. The molecule has 0 aliphatic carbocycles. The molecule has 3 aromatic rings. The smallest absolute Gasteiger partial charge is 0.272 e. The Balaban J connectivity index is 1.89. The topological polar surface area (TPSA) is 44.9 Å². The summed E-state index contributed by atoms with van der Waals surface area (Å²) in [6, 6.07) is 10.6. The number of rotatable bonds is 2. The lowest BCUT2D eigenvalue weighted by Crippen LogP contribution is -2.12. The Morgan fingerprint density at radius 3 is 2.48 bits per heavy atom. The van der Waals surface area contributed by atoms with E-state index in [0.717, 1.165) is 0 Å². The number of halogens is 3. The summed E-state index contributed by atoms with van der Waals surface area (Å²) in [6.45, 7) is 0. The minimum absolute atomic E-state index is 0.326. The number of amides is 1. The zero-order valence-corrected chi connectivity index (χ0v) is 12.1. The highest BCUT2D eigenvalue weighted by Gasteiger charge is 2.11. The summed E-state index contributed by atoms with van der Waals surface area (Å²) in [7, 11) is 0. The molecule has 1 heterocycles. The van der Waals surface area contributed by atoms with Crippen molar-refractivity contribution in [2.45, 2.75) is 0 Å². The van der Waals surface area contributed by atoms with Gasteiger partial charge in [-0.2, -0.15) is 0 Å². The average molecular weight is 323 g/mol. The fraction of sp³-hybridized carbons (Fsp3) is 0. The molecule has 0 fully saturated rings. The molecule has 0 radical (unpaired) electrons.